The highest BCUT2D eigenvalue weighted by molar-refractivity contribution is 14.1. The summed E-state index contributed by atoms with van der Waals surface area (Å²) in [5.74, 6) is 0. The van der Waals surface area contributed by atoms with Crippen molar-refractivity contribution in [2.45, 2.75) is 10.0 Å². The Balaban J connectivity index is 2.20. The molecule has 2 rings (SSSR count). The van der Waals surface area contributed by atoms with Gasteiger partial charge in [-0.15, -0.1) is 0 Å². The predicted molar refractivity (Wildman–Crippen MR) is 74.6 cm³/mol. The molecule has 2 atom stereocenters. The Morgan fingerprint density at radius 2 is 1.19 bits per heavy atom. The normalized spacial score (nSPS) is 14.4. The third-order valence-corrected chi connectivity index (χ3v) is 3.94. The van der Waals surface area contributed by atoms with Crippen molar-refractivity contribution in [1.82, 2.24) is 0 Å². The van der Waals surface area contributed by atoms with E-state index in [1.54, 1.807) is 0 Å². The molecule has 1 nitrogen and oxygen atoms in total. The number of aliphatic hydroxyl groups is 1. The maximum absolute atomic E-state index is 10.2. The van der Waals surface area contributed by atoms with E-state index in [1.165, 1.54) is 0 Å². The molecule has 0 saturated heterocycles. The maximum Gasteiger partial charge on any atom is 0.0948 e. The maximum atomic E-state index is 10.2. The molecule has 2 aromatic carbocycles. The lowest BCUT2D eigenvalue weighted by atomic mass is 10.0. The standard InChI is InChI=1S/C14H13IO/c15-13(11-7-3-1-4-8-11)14(16)12-9-5-2-6-10-12/h1-10,13-14,16H. The molecule has 0 fully saturated rings. The summed E-state index contributed by atoms with van der Waals surface area (Å²) in [6, 6.07) is 19.9. The highest BCUT2D eigenvalue weighted by Gasteiger charge is 2.18. The Bertz CT molecular complexity index is 384. The van der Waals surface area contributed by atoms with Crippen LogP contribution in [-0.2, 0) is 0 Å². The SMILES string of the molecule is OC(c1ccccc1)C(I)c1ccccc1. The Labute approximate surface area is 109 Å². The van der Waals surface area contributed by atoms with Crippen LogP contribution in [0.15, 0.2) is 60.7 Å². The van der Waals surface area contributed by atoms with E-state index in [0.29, 0.717) is 0 Å². The fourth-order valence-corrected chi connectivity index (χ4v) is 2.47. The van der Waals surface area contributed by atoms with E-state index in [9.17, 15) is 5.11 Å². The van der Waals surface area contributed by atoms with Gasteiger partial charge in [-0.1, -0.05) is 83.3 Å². The molecule has 0 aliphatic rings. The Morgan fingerprint density at radius 3 is 1.69 bits per heavy atom. The number of benzene rings is 2. The van der Waals surface area contributed by atoms with E-state index < -0.39 is 6.10 Å². The quantitative estimate of drug-likeness (QED) is 0.671. The molecule has 2 heteroatoms. The number of rotatable bonds is 3. The number of hydrogen-bond acceptors (Lipinski definition) is 1. The summed E-state index contributed by atoms with van der Waals surface area (Å²) in [6.45, 7) is 0. The summed E-state index contributed by atoms with van der Waals surface area (Å²) in [5, 5.41) is 10.2. The minimum absolute atomic E-state index is 0.0844. The van der Waals surface area contributed by atoms with Crippen LogP contribution in [0.3, 0.4) is 0 Å². The second kappa shape index (κ2) is 5.46. The van der Waals surface area contributed by atoms with Crippen molar-refractivity contribution in [2.75, 3.05) is 0 Å². The summed E-state index contributed by atoms with van der Waals surface area (Å²) >= 11 is 2.29. The topological polar surface area (TPSA) is 20.2 Å². The molecule has 0 radical (unpaired) electrons. The van der Waals surface area contributed by atoms with Crippen LogP contribution < -0.4 is 0 Å². The van der Waals surface area contributed by atoms with Gasteiger partial charge in [0.05, 0.1) is 10.0 Å². The molecule has 0 aromatic heterocycles. The second-order valence-electron chi connectivity index (χ2n) is 3.67. The lowest BCUT2D eigenvalue weighted by molar-refractivity contribution is 0.180. The van der Waals surface area contributed by atoms with Gasteiger partial charge in [-0.25, -0.2) is 0 Å². The largest absolute Gasteiger partial charge is 0.387 e. The molecule has 2 unspecified atom stereocenters. The fraction of sp³-hybridized carbons (Fsp3) is 0.143. The highest BCUT2D eigenvalue weighted by atomic mass is 127. The monoisotopic (exact) mass is 324 g/mol. The first kappa shape index (κ1) is 11.6. The Morgan fingerprint density at radius 1 is 0.750 bits per heavy atom. The Hall–Kier alpha value is -0.870. The van der Waals surface area contributed by atoms with Gasteiger partial charge in [-0.2, -0.15) is 0 Å². The van der Waals surface area contributed by atoms with Crippen molar-refractivity contribution in [2.24, 2.45) is 0 Å². The third-order valence-electron chi connectivity index (χ3n) is 2.54. The van der Waals surface area contributed by atoms with Gasteiger partial charge in [0.1, 0.15) is 0 Å². The predicted octanol–water partition coefficient (Wildman–Crippen LogP) is 3.90. The van der Waals surface area contributed by atoms with E-state index in [-0.39, 0.29) is 3.92 Å². The van der Waals surface area contributed by atoms with Gasteiger partial charge in [-0.3, -0.25) is 0 Å². The molecule has 0 aliphatic carbocycles. The van der Waals surface area contributed by atoms with Crippen molar-refractivity contribution in [3.8, 4) is 0 Å². The van der Waals surface area contributed by atoms with Crippen molar-refractivity contribution in [1.29, 1.82) is 0 Å². The first-order valence-electron chi connectivity index (χ1n) is 5.21. The van der Waals surface area contributed by atoms with Crippen molar-refractivity contribution in [3.63, 3.8) is 0 Å². The summed E-state index contributed by atoms with van der Waals surface area (Å²) in [4.78, 5) is 0. The second-order valence-corrected chi connectivity index (χ2v) is 5.01. The van der Waals surface area contributed by atoms with Gasteiger partial charge < -0.3 is 5.11 Å². The first-order valence-corrected chi connectivity index (χ1v) is 6.45. The zero-order valence-corrected chi connectivity index (χ0v) is 10.9. The minimum Gasteiger partial charge on any atom is -0.387 e. The molecule has 0 heterocycles. The van der Waals surface area contributed by atoms with Crippen LogP contribution in [0.2, 0.25) is 0 Å². The summed E-state index contributed by atoms with van der Waals surface area (Å²) in [5.41, 5.74) is 2.12. The molecular weight excluding hydrogens is 311 g/mol. The van der Waals surface area contributed by atoms with E-state index in [0.717, 1.165) is 11.1 Å². The number of alkyl halides is 1. The smallest absolute Gasteiger partial charge is 0.0948 e. The molecule has 0 spiro atoms. The molecule has 1 N–H and O–H groups in total. The number of aliphatic hydroxyl groups excluding tert-OH is 1. The molecule has 0 bridgehead atoms. The average molecular weight is 324 g/mol. The van der Waals surface area contributed by atoms with Crippen LogP contribution in [0.25, 0.3) is 0 Å². The van der Waals surface area contributed by atoms with E-state index in [1.807, 2.05) is 60.7 Å². The summed E-state index contributed by atoms with van der Waals surface area (Å²) in [6.07, 6.45) is -0.454. The summed E-state index contributed by atoms with van der Waals surface area (Å²) < 4.78 is 0.0844. The molecule has 2 aromatic rings. The molecular formula is C14H13IO. The van der Waals surface area contributed by atoms with Gasteiger partial charge in [0, 0.05) is 0 Å². The number of hydrogen-bond donors (Lipinski definition) is 1. The zero-order chi connectivity index (χ0) is 11.4. The van der Waals surface area contributed by atoms with E-state index in [2.05, 4.69) is 22.6 Å². The highest BCUT2D eigenvalue weighted by Crippen LogP contribution is 2.36. The number of halogens is 1. The van der Waals surface area contributed by atoms with Gasteiger partial charge in [-0.05, 0) is 11.1 Å². The lowest BCUT2D eigenvalue weighted by Crippen LogP contribution is -2.04. The van der Waals surface area contributed by atoms with Crippen molar-refractivity contribution >= 4 is 22.6 Å². The average Bonchev–Trinajstić information content (AvgIpc) is 2.39. The van der Waals surface area contributed by atoms with Crippen LogP contribution >= 0.6 is 22.6 Å². The van der Waals surface area contributed by atoms with Crippen LogP contribution in [0, 0.1) is 0 Å². The van der Waals surface area contributed by atoms with Gasteiger partial charge >= 0.3 is 0 Å². The zero-order valence-electron chi connectivity index (χ0n) is 8.75. The van der Waals surface area contributed by atoms with Crippen LogP contribution in [0.4, 0.5) is 0 Å². The van der Waals surface area contributed by atoms with Crippen molar-refractivity contribution < 1.29 is 5.11 Å². The van der Waals surface area contributed by atoms with E-state index in [4.69, 9.17) is 0 Å². The van der Waals surface area contributed by atoms with Gasteiger partial charge in [0.2, 0.25) is 0 Å². The van der Waals surface area contributed by atoms with Crippen LogP contribution in [0.5, 0.6) is 0 Å². The summed E-state index contributed by atoms with van der Waals surface area (Å²) in [7, 11) is 0. The molecule has 0 amide bonds. The lowest BCUT2D eigenvalue weighted by Gasteiger charge is -2.18. The molecule has 82 valence electrons. The van der Waals surface area contributed by atoms with E-state index >= 15 is 0 Å². The third kappa shape index (κ3) is 2.62. The fourth-order valence-electron chi connectivity index (χ4n) is 1.64. The molecule has 0 saturated carbocycles. The van der Waals surface area contributed by atoms with Crippen molar-refractivity contribution in [3.05, 3.63) is 71.8 Å². The molecule has 0 aliphatic heterocycles. The van der Waals surface area contributed by atoms with Crippen LogP contribution in [-0.4, -0.2) is 5.11 Å². The van der Waals surface area contributed by atoms with Gasteiger partial charge in [0.15, 0.2) is 0 Å². The Kier molecular flexibility index (Phi) is 3.96. The first-order chi connectivity index (χ1) is 7.79. The van der Waals surface area contributed by atoms with Gasteiger partial charge in [0.25, 0.3) is 0 Å². The molecule has 16 heavy (non-hydrogen) atoms. The minimum atomic E-state index is -0.454. The van der Waals surface area contributed by atoms with Crippen LogP contribution in [0.1, 0.15) is 21.2 Å².